The second-order valence-corrected chi connectivity index (χ2v) is 6.39. The van der Waals surface area contributed by atoms with Crippen molar-refractivity contribution in [2.75, 3.05) is 32.6 Å². The van der Waals surface area contributed by atoms with E-state index in [0.717, 1.165) is 25.9 Å². The molecule has 0 radical (unpaired) electrons. The van der Waals surface area contributed by atoms with Crippen LogP contribution >= 0.6 is 12.4 Å². The average molecular weight is 386 g/mol. The molecule has 2 rings (SSSR count). The summed E-state index contributed by atoms with van der Waals surface area (Å²) >= 11 is 0. The Bertz CT molecular complexity index is 646. The van der Waals surface area contributed by atoms with E-state index < -0.39 is 0 Å². The molecule has 2 amide bonds. The summed E-state index contributed by atoms with van der Waals surface area (Å²) in [7, 11) is 3.02. The Kier molecular flexibility index (Phi) is 8.17. The third-order valence-corrected chi connectivity index (χ3v) is 4.61. The smallest absolute Gasteiger partial charge is 0.256 e. The number of nitrogens with zero attached hydrogens (tertiary/aromatic N) is 1. The largest absolute Gasteiger partial charge is 0.493 e. The molecule has 7 nitrogen and oxygen atoms in total. The molecular formula is C18H28ClN3O4. The quantitative estimate of drug-likeness (QED) is 0.783. The minimum atomic E-state index is -0.386. The van der Waals surface area contributed by atoms with Gasteiger partial charge in [0.1, 0.15) is 0 Å². The highest BCUT2D eigenvalue weighted by Gasteiger charge is 2.26. The Morgan fingerprint density at radius 2 is 1.65 bits per heavy atom. The number of nitrogens with one attached hydrogen (secondary N) is 1. The molecule has 2 atom stereocenters. The molecule has 8 heteroatoms. The Hall–Kier alpha value is -1.99. The summed E-state index contributed by atoms with van der Waals surface area (Å²) in [6.07, 6.45) is 1.98. The molecule has 1 aromatic carbocycles. The van der Waals surface area contributed by atoms with Crippen LogP contribution in [0, 0.1) is 5.92 Å². The van der Waals surface area contributed by atoms with Crippen LogP contribution in [-0.4, -0.2) is 50.1 Å². The summed E-state index contributed by atoms with van der Waals surface area (Å²) in [5.74, 6) is 0.148. The molecule has 146 valence electrons. The van der Waals surface area contributed by atoms with Gasteiger partial charge in [0.25, 0.3) is 5.91 Å². The van der Waals surface area contributed by atoms with Gasteiger partial charge in [-0.05, 0) is 25.8 Å². The first-order valence-electron chi connectivity index (χ1n) is 8.50. The first kappa shape index (κ1) is 22.1. The summed E-state index contributed by atoms with van der Waals surface area (Å²) in [4.78, 5) is 27.1. The van der Waals surface area contributed by atoms with Gasteiger partial charge >= 0.3 is 0 Å². The van der Waals surface area contributed by atoms with Crippen molar-refractivity contribution in [3.05, 3.63) is 17.7 Å². The number of hydrogen-bond acceptors (Lipinski definition) is 5. The van der Waals surface area contributed by atoms with Crippen molar-refractivity contribution in [1.29, 1.82) is 0 Å². The van der Waals surface area contributed by atoms with Gasteiger partial charge in [-0.25, -0.2) is 0 Å². The Labute approximate surface area is 160 Å². The number of ether oxygens (including phenoxy) is 2. The predicted octanol–water partition coefficient (Wildman–Crippen LogP) is 2.28. The number of hydrogen-bond donors (Lipinski definition) is 2. The van der Waals surface area contributed by atoms with Gasteiger partial charge in [0.15, 0.2) is 11.5 Å². The summed E-state index contributed by atoms with van der Waals surface area (Å²) < 4.78 is 10.6. The van der Waals surface area contributed by atoms with Gasteiger partial charge in [-0.1, -0.05) is 6.92 Å². The molecular weight excluding hydrogens is 358 g/mol. The SMILES string of the molecule is COc1cc(NC(=O)C(C)C(C)N)c(C(=O)N2CCCC2)cc1OC.Cl. The zero-order valence-electron chi connectivity index (χ0n) is 15.7. The zero-order chi connectivity index (χ0) is 18.6. The van der Waals surface area contributed by atoms with E-state index in [1.165, 1.54) is 14.2 Å². The highest BCUT2D eigenvalue weighted by Crippen LogP contribution is 2.34. The van der Waals surface area contributed by atoms with Crippen molar-refractivity contribution in [2.45, 2.75) is 32.7 Å². The number of rotatable bonds is 6. The lowest BCUT2D eigenvalue weighted by atomic mass is 10.0. The molecule has 1 aliphatic heterocycles. The second kappa shape index (κ2) is 9.64. The van der Waals surface area contributed by atoms with E-state index in [1.807, 2.05) is 0 Å². The van der Waals surface area contributed by atoms with Crippen LogP contribution in [0.1, 0.15) is 37.0 Å². The number of carbonyl (C=O) groups excluding carboxylic acids is 2. The van der Waals surface area contributed by atoms with Crippen LogP contribution in [0.4, 0.5) is 5.69 Å². The number of methoxy groups -OCH3 is 2. The molecule has 0 bridgehead atoms. The van der Waals surface area contributed by atoms with Crippen molar-refractivity contribution in [3.8, 4) is 11.5 Å². The maximum atomic E-state index is 12.9. The van der Waals surface area contributed by atoms with E-state index in [0.29, 0.717) is 22.7 Å². The fraction of sp³-hybridized carbons (Fsp3) is 0.556. The minimum Gasteiger partial charge on any atom is -0.493 e. The van der Waals surface area contributed by atoms with Gasteiger partial charge in [-0.3, -0.25) is 9.59 Å². The monoisotopic (exact) mass is 385 g/mol. The number of benzene rings is 1. The number of anilines is 1. The fourth-order valence-corrected chi connectivity index (χ4v) is 2.74. The fourth-order valence-electron chi connectivity index (χ4n) is 2.74. The molecule has 0 spiro atoms. The van der Waals surface area contributed by atoms with E-state index >= 15 is 0 Å². The number of likely N-dealkylation sites (tertiary alicyclic amines) is 1. The van der Waals surface area contributed by atoms with E-state index in [9.17, 15) is 9.59 Å². The molecule has 3 N–H and O–H groups in total. The molecule has 26 heavy (non-hydrogen) atoms. The summed E-state index contributed by atoms with van der Waals surface area (Å²) in [6, 6.07) is 2.94. The van der Waals surface area contributed by atoms with Crippen molar-refractivity contribution in [3.63, 3.8) is 0 Å². The van der Waals surface area contributed by atoms with Crippen LogP contribution in [0.25, 0.3) is 0 Å². The number of nitrogens with two attached hydrogens (primary N) is 1. The van der Waals surface area contributed by atoms with Crippen molar-refractivity contribution in [1.82, 2.24) is 4.90 Å². The van der Waals surface area contributed by atoms with Crippen LogP contribution < -0.4 is 20.5 Å². The highest BCUT2D eigenvalue weighted by molar-refractivity contribution is 6.05. The molecule has 1 saturated heterocycles. The van der Waals surface area contributed by atoms with Crippen LogP contribution in [0.5, 0.6) is 11.5 Å². The minimum absolute atomic E-state index is 0. The summed E-state index contributed by atoms with van der Waals surface area (Å²) in [6.45, 7) is 4.96. The summed E-state index contributed by atoms with van der Waals surface area (Å²) in [5, 5.41) is 2.82. The van der Waals surface area contributed by atoms with Gasteiger partial charge < -0.3 is 25.4 Å². The van der Waals surface area contributed by atoms with Crippen molar-refractivity contribution >= 4 is 29.9 Å². The van der Waals surface area contributed by atoms with Gasteiger partial charge in [-0.15, -0.1) is 12.4 Å². The van der Waals surface area contributed by atoms with E-state index in [2.05, 4.69) is 5.32 Å². The van der Waals surface area contributed by atoms with E-state index in [-0.39, 0.29) is 36.2 Å². The average Bonchev–Trinajstić information content (AvgIpc) is 3.14. The standard InChI is InChI=1S/C18H27N3O4.ClH/c1-11(12(2)19)17(22)20-14-10-16(25-4)15(24-3)9-13(14)18(23)21-7-5-6-8-21;/h9-12H,5-8,19H2,1-4H3,(H,20,22);1H. The van der Waals surface area contributed by atoms with Crippen LogP contribution in [-0.2, 0) is 4.79 Å². The van der Waals surface area contributed by atoms with Gasteiger partial charge in [0.05, 0.1) is 31.4 Å². The third kappa shape index (κ3) is 4.80. The molecule has 1 aromatic rings. The first-order valence-corrected chi connectivity index (χ1v) is 8.50. The van der Waals surface area contributed by atoms with Gasteiger partial charge in [0.2, 0.25) is 5.91 Å². The topological polar surface area (TPSA) is 93.9 Å². The number of halogens is 1. The second-order valence-electron chi connectivity index (χ2n) is 6.39. The maximum absolute atomic E-state index is 12.9. The third-order valence-electron chi connectivity index (χ3n) is 4.61. The van der Waals surface area contributed by atoms with Crippen molar-refractivity contribution < 1.29 is 19.1 Å². The van der Waals surface area contributed by atoms with E-state index in [1.54, 1.807) is 30.9 Å². The first-order chi connectivity index (χ1) is 11.9. The van der Waals surface area contributed by atoms with Crippen LogP contribution in [0.15, 0.2) is 12.1 Å². The lowest BCUT2D eigenvalue weighted by molar-refractivity contribution is -0.119. The molecule has 2 unspecified atom stereocenters. The Balaban J connectivity index is 0.00000338. The Morgan fingerprint density at radius 3 is 2.15 bits per heavy atom. The lowest BCUT2D eigenvalue weighted by Crippen LogP contribution is -2.35. The van der Waals surface area contributed by atoms with Crippen LogP contribution in [0.3, 0.4) is 0 Å². The molecule has 1 aliphatic rings. The summed E-state index contributed by atoms with van der Waals surface area (Å²) in [5.41, 5.74) is 6.61. The molecule has 0 aromatic heterocycles. The zero-order valence-corrected chi connectivity index (χ0v) is 16.5. The Morgan fingerprint density at radius 1 is 1.12 bits per heavy atom. The molecule has 0 saturated carbocycles. The number of carbonyl (C=O) groups is 2. The van der Waals surface area contributed by atoms with Gasteiger partial charge in [-0.2, -0.15) is 0 Å². The van der Waals surface area contributed by atoms with E-state index in [4.69, 9.17) is 15.2 Å². The number of amides is 2. The normalized spacial score (nSPS) is 15.7. The highest BCUT2D eigenvalue weighted by atomic mass is 35.5. The molecule has 0 aliphatic carbocycles. The molecule has 1 fully saturated rings. The maximum Gasteiger partial charge on any atom is 0.256 e. The van der Waals surface area contributed by atoms with Crippen molar-refractivity contribution in [2.24, 2.45) is 11.7 Å². The van der Waals surface area contributed by atoms with Crippen LogP contribution in [0.2, 0.25) is 0 Å². The van der Waals surface area contributed by atoms with Gasteiger partial charge in [0, 0.05) is 25.2 Å². The predicted molar refractivity (Wildman–Crippen MR) is 103 cm³/mol. The lowest BCUT2D eigenvalue weighted by Gasteiger charge is -2.21. The molecule has 1 heterocycles.